The Kier molecular flexibility index (Phi) is 7.27. The Bertz CT molecular complexity index is 811. The third kappa shape index (κ3) is 6.07. The summed E-state index contributed by atoms with van der Waals surface area (Å²) in [7, 11) is 0. The zero-order chi connectivity index (χ0) is 20.6. The Morgan fingerprint density at radius 2 is 2.07 bits per heavy atom. The SMILES string of the molecule is CCNC(=NCc1nc(C)c(C)o1)NCC1CC(=O)N(CCc2ccccc2)C1. The normalized spacial score (nSPS) is 17.1. The minimum atomic E-state index is 0.236. The molecular formula is C22H31N5O2. The van der Waals surface area contributed by atoms with Gasteiger partial charge in [-0.1, -0.05) is 30.3 Å². The van der Waals surface area contributed by atoms with E-state index in [-0.39, 0.29) is 11.8 Å². The molecule has 1 fully saturated rings. The van der Waals surface area contributed by atoms with E-state index in [1.807, 2.05) is 43.9 Å². The summed E-state index contributed by atoms with van der Waals surface area (Å²) in [5.74, 6) is 2.68. The van der Waals surface area contributed by atoms with Gasteiger partial charge in [0.1, 0.15) is 12.3 Å². The number of rotatable bonds is 8. The van der Waals surface area contributed by atoms with Crippen molar-refractivity contribution in [2.75, 3.05) is 26.2 Å². The second-order valence-electron chi connectivity index (χ2n) is 7.47. The summed E-state index contributed by atoms with van der Waals surface area (Å²) < 4.78 is 5.59. The van der Waals surface area contributed by atoms with Gasteiger partial charge in [-0.3, -0.25) is 4.79 Å². The fourth-order valence-electron chi connectivity index (χ4n) is 3.45. The van der Waals surface area contributed by atoms with Crippen LogP contribution in [-0.4, -0.2) is 47.9 Å². The van der Waals surface area contributed by atoms with E-state index in [1.165, 1.54) is 5.56 Å². The van der Waals surface area contributed by atoms with Gasteiger partial charge in [0.15, 0.2) is 5.96 Å². The molecule has 29 heavy (non-hydrogen) atoms. The Morgan fingerprint density at radius 3 is 2.76 bits per heavy atom. The van der Waals surface area contributed by atoms with Crippen LogP contribution in [0.4, 0.5) is 0 Å². The summed E-state index contributed by atoms with van der Waals surface area (Å²) in [6, 6.07) is 10.3. The van der Waals surface area contributed by atoms with E-state index in [9.17, 15) is 4.79 Å². The fraction of sp³-hybridized carbons (Fsp3) is 0.500. The lowest BCUT2D eigenvalue weighted by Crippen LogP contribution is -2.40. The van der Waals surface area contributed by atoms with Crippen LogP contribution in [0.1, 0.15) is 36.3 Å². The van der Waals surface area contributed by atoms with Gasteiger partial charge in [-0.25, -0.2) is 9.98 Å². The summed E-state index contributed by atoms with van der Waals surface area (Å²) in [6.45, 7) is 9.28. The van der Waals surface area contributed by atoms with Crippen LogP contribution < -0.4 is 10.6 Å². The van der Waals surface area contributed by atoms with Crippen molar-refractivity contribution in [3.63, 3.8) is 0 Å². The second-order valence-corrected chi connectivity index (χ2v) is 7.47. The molecule has 1 aromatic heterocycles. The molecular weight excluding hydrogens is 366 g/mol. The molecule has 1 aromatic carbocycles. The maximum Gasteiger partial charge on any atom is 0.223 e. The standard InChI is InChI=1S/C22H31N5O2/c1-4-23-22(25-14-20-26-16(2)17(3)29-20)24-13-19-12-21(28)27(15-19)11-10-18-8-6-5-7-9-18/h5-9,19H,4,10-15H2,1-3H3,(H2,23,24,25). The van der Waals surface area contributed by atoms with Gasteiger partial charge < -0.3 is 20.0 Å². The summed E-state index contributed by atoms with van der Waals surface area (Å²) in [6.07, 6.45) is 1.48. The number of likely N-dealkylation sites (tertiary alicyclic amines) is 1. The van der Waals surface area contributed by atoms with Gasteiger partial charge in [0.05, 0.1) is 5.69 Å². The first kappa shape index (κ1) is 20.9. The number of guanidine groups is 1. The lowest BCUT2D eigenvalue weighted by molar-refractivity contribution is -0.127. The molecule has 1 aliphatic rings. The molecule has 1 saturated heterocycles. The molecule has 0 bridgehead atoms. The molecule has 7 heteroatoms. The number of hydrogen-bond donors (Lipinski definition) is 2. The lowest BCUT2D eigenvalue weighted by Gasteiger charge is -2.17. The van der Waals surface area contributed by atoms with E-state index < -0.39 is 0 Å². The van der Waals surface area contributed by atoms with Crippen LogP contribution in [0.5, 0.6) is 0 Å². The van der Waals surface area contributed by atoms with Gasteiger partial charge in [0, 0.05) is 38.5 Å². The molecule has 0 aliphatic carbocycles. The third-order valence-electron chi connectivity index (χ3n) is 5.16. The van der Waals surface area contributed by atoms with Crippen molar-refractivity contribution in [3.8, 4) is 0 Å². The maximum absolute atomic E-state index is 12.4. The van der Waals surface area contributed by atoms with Gasteiger partial charge in [-0.15, -0.1) is 0 Å². The number of aromatic nitrogens is 1. The second kappa shape index (κ2) is 10.1. The van der Waals surface area contributed by atoms with Gasteiger partial charge in [0.2, 0.25) is 11.8 Å². The first-order valence-electron chi connectivity index (χ1n) is 10.3. The molecule has 0 spiro atoms. The molecule has 3 rings (SSSR count). The monoisotopic (exact) mass is 397 g/mol. The number of carbonyl (C=O) groups excluding carboxylic acids is 1. The minimum Gasteiger partial charge on any atom is -0.444 e. The predicted octanol–water partition coefficient (Wildman–Crippen LogP) is 2.44. The highest BCUT2D eigenvalue weighted by atomic mass is 16.4. The van der Waals surface area contributed by atoms with Crippen LogP contribution in [-0.2, 0) is 17.8 Å². The van der Waals surface area contributed by atoms with Crippen molar-refractivity contribution in [2.24, 2.45) is 10.9 Å². The molecule has 1 aliphatic heterocycles. The van der Waals surface area contributed by atoms with Crippen molar-refractivity contribution in [1.29, 1.82) is 0 Å². The van der Waals surface area contributed by atoms with Gasteiger partial charge in [-0.2, -0.15) is 0 Å². The van der Waals surface area contributed by atoms with Gasteiger partial charge >= 0.3 is 0 Å². The highest BCUT2D eigenvalue weighted by Crippen LogP contribution is 2.17. The van der Waals surface area contributed by atoms with Crippen LogP contribution in [0.15, 0.2) is 39.7 Å². The quantitative estimate of drug-likeness (QED) is 0.528. The fourth-order valence-corrected chi connectivity index (χ4v) is 3.45. The Hall–Kier alpha value is -2.83. The first-order chi connectivity index (χ1) is 14.0. The number of aliphatic imine (C=N–C) groups is 1. The van der Waals surface area contributed by atoms with E-state index in [0.717, 1.165) is 43.5 Å². The molecule has 1 amide bonds. The van der Waals surface area contributed by atoms with Crippen molar-refractivity contribution in [2.45, 2.75) is 40.2 Å². The summed E-state index contributed by atoms with van der Waals surface area (Å²) in [5, 5.41) is 6.60. The number of hydrogen-bond acceptors (Lipinski definition) is 4. The highest BCUT2D eigenvalue weighted by molar-refractivity contribution is 5.80. The lowest BCUT2D eigenvalue weighted by atomic mass is 10.1. The van der Waals surface area contributed by atoms with Crippen LogP contribution >= 0.6 is 0 Å². The third-order valence-corrected chi connectivity index (χ3v) is 5.16. The number of aryl methyl sites for hydroxylation is 2. The maximum atomic E-state index is 12.4. The molecule has 2 heterocycles. The van der Waals surface area contributed by atoms with Crippen LogP contribution in [0.25, 0.3) is 0 Å². The zero-order valence-electron chi connectivity index (χ0n) is 17.6. The van der Waals surface area contributed by atoms with E-state index in [0.29, 0.717) is 25.4 Å². The Labute approximate surface area is 172 Å². The average molecular weight is 398 g/mol. The number of oxazole rings is 1. The van der Waals surface area contributed by atoms with E-state index in [2.05, 4.69) is 32.7 Å². The highest BCUT2D eigenvalue weighted by Gasteiger charge is 2.29. The van der Waals surface area contributed by atoms with Crippen LogP contribution in [0.2, 0.25) is 0 Å². The number of benzene rings is 1. The van der Waals surface area contributed by atoms with Crippen molar-refractivity contribution >= 4 is 11.9 Å². The zero-order valence-corrected chi connectivity index (χ0v) is 17.6. The summed E-state index contributed by atoms with van der Waals surface area (Å²) in [4.78, 5) is 23.2. The van der Waals surface area contributed by atoms with Crippen molar-refractivity contribution in [1.82, 2.24) is 20.5 Å². The first-order valence-corrected chi connectivity index (χ1v) is 10.3. The predicted molar refractivity (Wildman–Crippen MR) is 114 cm³/mol. The largest absolute Gasteiger partial charge is 0.444 e. The molecule has 0 radical (unpaired) electrons. The smallest absolute Gasteiger partial charge is 0.223 e. The topological polar surface area (TPSA) is 82.8 Å². The molecule has 1 unspecified atom stereocenters. The summed E-state index contributed by atoms with van der Waals surface area (Å²) in [5.41, 5.74) is 2.16. The Morgan fingerprint density at radius 1 is 1.28 bits per heavy atom. The molecule has 2 aromatic rings. The summed E-state index contributed by atoms with van der Waals surface area (Å²) >= 11 is 0. The van der Waals surface area contributed by atoms with Gasteiger partial charge in [-0.05, 0) is 32.8 Å². The Balaban J connectivity index is 1.48. The van der Waals surface area contributed by atoms with Crippen LogP contribution in [0.3, 0.4) is 0 Å². The molecule has 1 atom stereocenters. The number of nitrogens with zero attached hydrogens (tertiary/aromatic N) is 3. The minimum absolute atomic E-state index is 0.236. The number of nitrogens with one attached hydrogen (secondary N) is 2. The molecule has 0 saturated carbocycles. The number of carbonyl (C=O) groups is 1. The molecule has 7 nitrogen and oxygen atoms in total. The van der Waals surface area contributed by atoms with Crippen molar-refractivity contribution < 1.29 is 9.21 Å². The van der Waals surface area contributed by atoms with Crippen LogP contribution in [0, 0.1) is 19.8 Å². The van der Waals surface area contributed by atoms with E-state index in [1.54, 1.807) is 0 Å². The average Bonchev–Trinajstić information content (AvgIpc) is 3.24. The van der Waals surface area contributed by atoms with E-state index in [4.69, 9.17) is 4.42 Å². The van der Waals surface area contributed by atoms with Crippen molar-refractivity contribution in [3.05, 3.63) is 53.2 Å². The van der Waals surface area contributed by atoms with E-state index >= 15 is 0 Å². The molecule has 156 valence electrons. The number of amides is 1. The van der Waals surface area contributed by atoms with Gasteiger partial charge in [0.25, 0.3) is 0 Å². The molecule has 2 N–H and O–H groups in total.